The normalized spacial score (nSPS) is 12.0. The quantitative estimate of drug-likeness (QED) is 0.616. The Bertz CT molecular complexity index is 863. The summed E-state index contributed by atoms with van der Waals surface area (Å²) in [6, 6.07) is 12.5. The van der Waals surface area contributed by atoms with Crippen molar-refractivity contribution < 1.29 is 19.0 Å². The molecule has 1 aromatic heterocycles. The fourth-order valence-electron chi connectivity index (χ4n) is 2.03. The monoisotopic (exact) mass is 363 g/mol. The molecular weight excluding hydrogens is 350 g/mol. The van der Waals surface area contributed by atoms with Gasteiger partial charge in [0, 0.05) is 5.02 Å². The summed E-state index contributed by atoms with van der Waals surface area (Å²) in [5.74, 6) is 0.748. The van der Waals surface area contributed by atoms with Crippen LogP contribution in [0.25, 0.3) is 10.2 Å². The minimum absolute atomic E-state index is 0.427. The molecule has 124 valence electrons. The molecule has 1 unspecified atom stereocenters. The van der Waals surface area contributed by atoms with Crippen molar-refractivity contribution in [3.05, 3.63) is 47.5 Å². The Kier molecular flexibility index (Phi) is 4.87. The van der Waals surface area contributed by atoms with E-state index in [1.165, 1.54) is 18.4 Å². The van der Waals surface area contributed by atoms with Crippen LogP contribution in [0.3, 0.4) is 0 Å². The molecule has 5 nitrogen and oxygen atoms in total. The minimum Gasteiger partial charge on any atom is -0.479 e. The van der Waals surface area contributed by atoms with E-state index in [2.05, 4.69) is 9.72 Å². The molecule has 1 heterocycles. The largest absolute Gasteiger partial charge is 0.479 e. The summed E-state index contributed by atoms with van der Waals surface area (Å²) in [4.78, 5) is 15.7. The third kappa shape index (κ3) is 3.77. The summed E-state index contributed by atoms with van der Waals surface area (Å²) >= 11 is 7.39. The molecule has 0 amide bonds. The zero-order chi connectivity index (χ0) is 17.1. The second kappa shape index (κ2) is 7.07. The summed E-state index contributed by atoms with van der Waals surface area (Å²) in [6.07, 6.45) is -0.671. The molecule has 0 fully saturated rings. The van der Waals surface area contributed by atoms with Gasteiger partial charge in [0.15, 0.2) is 6.10 Å². The maximum absolute atomic E-state index is 11.3. The summed E-state index contributed by atoms with van der Waals surface area (Å²) in [7, 11) is 1.32. The molecule has 2 aromatic carbocycles. The molecule has 3 rings (SSSR count). The Balaban J connectivity index is 1.70. The Labute approximate surface area is 147 Å². The first-order valence-corrected chi connectivity index (χ1v) is 8.33. The molecule has 0 saturated carbocycles. The Morgan fingerprint density at radius 1 is 1.17 bits per heavy atom. The number of fused-ring (bicyclic) bond motifs is 1. The van der Waals surface area contributed by atoms with Crippen LogP contribution in [0.5, 0.6) is 16.7 Å². The maximum atomic E-state index is 11.3. The lowest BCUT2D eigenvalue weighted by Crippen LogP contribution is -2.24. The standard InChI is InChI=1S/C17H14ClNO4S/c1-10(16(20)21-2)22-12-4-6-13(7-5-12)23-17-19-14-9-11(18)3-8-15(14)24-17/h3-10H,1-2H3. The van der Waals surface area contributed by atoms with Crippen molar-refractivity contribution in [3.63, 3.8) is 0 Å². The zero-order valence-electron chi connectivity index (χ0n) is 13.0. The predicted molar refractivity (Wildman–Crippen MR) is 93.3 cm³/mol. The SMILES string of the molecule is COC(=O)C(C)Oc1ccc(Oc2nc3cc(Cl)ccc3s2)cc1. The number of hydrogen-bond acceptors (Lipinski definition) is 6. The first-order valence-electron chi connectivity index (χ1n) is 7.13. The van der Waals surface area contributed by atoms with Crippen molar-refractivity contribution in [3.8, 4) is 16.7 Å². The second-order valence-corrected chi connectivity index (χ2v) is 6.38. The average Bonchev–Trinajstić information content (AvgIpc) is 2.97. The molecule has 0 aliphatic heterocycles. The molecule has 0 spiro atoms. The van der Waals surface area contributed by atoms with Crippen LogP contribution in [-0.4, -0.2) is 24.2 Å². The average molecular weight is 364 g/mol. The highest BCUT2D eigenvalue weighted by Crippen LogP contribution is 2.33. The lowest BCUT2D eigenvalue weighted by atomic mass is 10.3. The van der Waals surface area contributed by atoms with Crippen LogP contribution in [0.4, 0.5) is 0 Å². The van der Waals surface area contributed by atoms with E-state index in [4.69, 9.17) is 21.1 Å². The number of carbonyl (C=O) groups excluding carboxylic acids is 1. The van der Waals surface area contributed by atoms with Crippen molar-refractivity contribution >= 4 is 39.1 Å². The first-order chi connectivity index (χ1) is 11.5. The summed E-state index contributed by atoms with van der Waals surface area (Å²) in [5.41, 5.74) is 0.800. The number of halogens is 1. The number of benzene rings is 2. The van der Waals surface area contributed by atoms with Gasteiger partial charge < -0.3 is 14.2 Å². The highest BCUT2D eigenvalue weighted by molar-refractivity contribution is 7.20. The Morgan fingerprint density at radius 3 is 2.58 bits per heavy atom. The van der Waals surface area contributed by atoms with Gasteiger partial charge in [0.1, 0.15) is 11.5 Å². The lowest BCUT2D eigenvalue weighted by Gasteiger charge is -2.12. The molecule has 0 N–H and O–H groups in total. The molecule has 0 radical (unpaired) electrons. The maximum Gasteiger partial charge on any atom is 0.346 e. The van der Waals surface area contributed by atoms with E-state index in [9.17, 15) is 4.79 Å². The summed E-state index contributed by atoms with van der Waals surface area (Å²) in [5, 5.41) is 1.17. The number of aromatic nitrogens is 1. The molecular formula is C17H14ClNO4S. The van der Waals surface area contributed by atoms with Crippen molar-refractivity contribution in [2.24, 2.45) is 0 Å². The van der Waals surface area contributed by atoms with Crippen LogP contribution in [0.1, 0.15) is 6.92 Å². The highest BCUT2D eigenvalue weighted by atomic mass is 35.5. The number of thiazole rings is 1. The molecule has 0 aliphatic carbocycles. The summed E-state index contributed by atoms with van der Waals surface area (Å²) in [6.45, 7) is 1.63. The van der Waals surface area contributed by atoms with Gasteiger partial charge in [0.05, 0.1) is 17.3 Å². The zero-order valence-corrected chi connectivity index (χ0v) is 14.6. The van der Waals surface area contributed by atoms with Gasteiger partial charge in [0.25, 0.3) is 5.19 Å². The van der Waals surface area contributed by atoms with Gasteiger partial charge in [-0.1, -0.05) is 22.9 Å². The van der Waals surface area contributed by atoms with E-state index in [0.29, 0.717) is 21.7 Å². The summed E-state index contributed by atoms with van der Waals surface area (Å²) < 4.78 is 16.8. The van der Waals surface area contributed by atoms with Crippen LogP contribution < -0.4 is 9.47 Å². The fraction of sp³-hybridized carbons (Fsp3) is 0.176. The van der Waals surface area contributed by atoms with Crippen LogP contribution in [0.15, 0.2) is 42.5 Å². The van der Waals surface area contributed by atoms with Gasteiger partial charge in [-0.2, -0.15) is 0 Å². The molecule has 1 atom stereocenters. The van der Waals surface area contributed by atoms with Gasteiger partial charge in [-0.05, 0) is 49.4 Å². The molecule has 0 aliphatic rings. The third-order valence-corrected chi connectivity index (χ3v) is 4.35. The van der Waals surface area contributed by atoms with Crippen molar-refractivity contribution in [2.45, 2.75) is 13.0 Å². The highest BCUT2D eigenvalue weighted by Gasteiger charge is 2.14. The molecule has 7 heteroatoms. The number of nitrogens with zero attached hydrogens (tertiary/aromatic N) is 1. The van der Waals surface area contributed by atoms with Crippen LogP contribution in [0.2, 0.25) is 5.02 Å². The second-order valence-electron chi connectivity index (χ2n) is 4.95. The van der Waals surface area contributed by atoms with Crippen molar-refractivity contribution in [1.29, 1.82) is 0 Å². The number of rotatable bonds is 5. The molecule has 3 aromatic rings. The predicted octanol–water partition coefficient (Wildman–Crippen LogP) is 4.68. The number of ether oxygens (including phenoxy) is 3. The van der Waals surface area contributed by atoms with Gasteiger partial charge in [0.2, 0.25) is 0 Å². The van der Waals surface area contributed by atoms with E-state index >= 15 is 0 Å². The fourth-order valence-corrected chi connectivity index (χ4v) is 3.01. The van der Waals surface area contributed by atoms with Crippen molar-refractivity contribution in [2.75, 3.05) is 7.11 Å². The molecule has 0 bridgehead atoms. The molecule has 0 saturated heterocycles. The van der Waals surface area contributed by atoms with E-state index in [1.807, 2.05) is 12.1 Å². The van der Waals surface area contributed by atoms with E-state index in [1.54, 1.807) is 37.3 Å². The van der Waals surface area contributed by atoms with E-state index in [0.717, 1.165) is 10.2 Å². The van der Waals surface area contributed by atoms with Crippen LogP contribution >= 0.6 is 22.9 Å². The van der Waals surface area contributed by atoms with Gasteiger partial charge in [-0.15, -0.1) is 0 Å². The van der Waals surface area contributed by atoms with E-state index < -0.39 is 12.1 Å². The van der Waals surface area contributed by atoms with E-state index in [-0.39, 0.29) is 0 Å². The first kappa shape index (κ1) is 16.5. The van der Waals surface area contributed by atoms with Gasteiger partial charge in [-0.25, -0.2) is 9.78 Å². The Morgan fingerprint density at radius 2 is 1.88 bits per heavy atom. The third-order valence-electron chi connectivity index (χ3n) is 3.20. The van der Waals surface area contributed by atoms with Gasteiger partial charge in [-0.3, -0.25) is 0 Å². The lowest BCUT2D eigenvalue weighted by molar-refractivity contribution is -0.147. The topological polar surface area (TPSA) is 57.7 Å². The van der Waals surface area contributed by atoms with Crippen LogP contribution in [0, 0.1) is 0 Å². The Hall–Kier alpha value is -2.31. The number of methoxy groups -OCH3 is 1. The van der Waals surface area contributed by atoms with Gasteiger partial charge >= 0.3 is 5.97 Å². The minimum atomic E-state index is -0.671. The smallest absolute Gasteiger partial charge is 0.346 e. The molecule has 24 heavy (non-hydrogen) atoms. The number of carbonyl (C=O) groups is 1. The van der Waals surface area contributed by atoms with Crippen LogP contribution in [-0.2, 0) is 9.53 Å². The number of hydrogen-bond donors (Lipinski definition) is 0. The number of esters is 1. The van der Waals surface area contributed by atoms with Crippen molar-refractivity contribution in [1.82, 2.24) is 4.98 Å².